The van der Waals surface area contributed by atoms with Gasteiger partial charge in [0.05, 0.1) is 18.7 Å². The summed E-state index contributed by atoms with van der Waals surface area (Å²) < 4.78 is 5.55. The van der Waals surface area contributed by atoms with Crippen molar-refractivity contribution in [3.05, 3.63) is 50.2 Å². The van der Waals surface area contributed by atoms with Crippen molar-refractivity contribution in [3.63, 3.8) is 0 Å². The van der Waals surface area contributed by atoms with Crippen LogP contribution in [0.5, 0.6) is 5.75 Å². The van der Waals surface area contributed by atoms with Gasteiger partial charge in [0.2, 0.25) is 5.91 Å². The minimum atomic E-state index is -0.316. The Balaban J connectivity index is 1.83. The Bertz CT molecular complexity index is 845. The number of anilines is 1. The number of rotatable bonds is 3. The van der Waals surface area contributed by atoms with Gasteiger partial charge < -0.3 is 15.0 Å². The standard InChI is InChI=1S/C16H16ClN3O3/c1-8-12(16(22)19-9(2)18-8)7-14(21)20-13-6-11(17)5-10-3-4-23-15(10)13/h5-6H,3-4,7H2,1-2H3,(H,20,21)(H,18,19,22). The molecule has 0 saturated heterocycles. The van der Waals surface area contributed by atoms with Crippen LogP contribution in [0.4, 0.5) is 5.69 Å². The third-order valence-corrected chi connectivity index (χ3v) is 3.92. The smallest absolute Gasteiger partial charge is 0.254 e. The van der Waals surface area contributed by atoms with Gasteiger partial charge in [-0.25, -0.2) is 4.98 Å². The van der Waals surface area contributed by atoms with Crippen molar-refractivity contribution in [2.45, 2.75) is 26.7 Å². The van der Waals surface area contributed by atoms with Crippen LogP contribution in [0.3, 0.4) is 0 Å². The van der Waals surface area contributed by atoms with E-state index in [9.17, 15) is 9.59 Å². The predicted molar refractivity (Wildman–Crippen MR) is 87.3 cm³/mol. The molecule has 23 heavy (non-hydrogen) atoms. The van der Waals surface area contributed by atoms with Crippen molar-refractivity contribution in [3.8, 4) is 5.75 Å². The molecule has 0 radical (unpaired) electrons. The summed E-state index contributed by atoms with van der Waals surface area (Å²) in [5, 5.41) is 3.31. The molecule has 0 bridgehead atoms. The molecule has 1 aromatic carbocycles. The van der Waals surface area contributed by atoms with E-state index < -0.39 is 0 Å². The lowest BCUT2D eigenvalue weighted by Crippen LogP contribution is -2.24. The fourth-order valence-corrected chi connectivity index (χ4v) is 2.92. The zero-order chi connectivity index (χ0) is 16.6. The molecule has 2 heterocycles. The molecule has 1 amide bonds. The fourth-order valence-electron chi connectivity index (χ4n) is 2.68. The van der Waals surface area contributed by atoms with Gasteiger partial charge in [0, 0.05) is 28.3 Å². The summed E-state index contributed by atoms with van der Waals surface area (Å²) in [6.07, 6.45) is 0.704. The number of halogens is 1. The molecule has 1 aromatic heterocycles. The lowest BCUT2D eigenvalue weighted by Gasteiger charge is -2.11. The normalized spacial score (nSPS) is 12.7. The first kappa shape index (κ1) is 15.6. The van der Waals surface area contributed by atoms with Gasteiger partial charge in [-0.3, -0.25) is 9.59 Å². The maximum atomic E-state index is 12.3. The molecule has 2 aromatic rings. The van der Waals surface area contributed by atoms with Crippen LogP contribution in [0.15, 0.2) is 16.9 Å². The van der Waals surface area contributed by atoms with Crippen molar-refractivity contribution in [1.29, 1.82) is 0 Å². The van der Waals surface area contributed by atoms with E-state index in [1.165, 1.54) is 0 Å². The zero-order valence-corrected chi connectivity index (χ0v) is 13.6. The van der Waals surface area contributed by atoms with Crippen molar-refractivity contribution in [2.75, 3.05) is 11.9 Å². The van der Waals surface area contributed by atoms with E-state index >= 15 is 0 Å². The second kappa shape index (κ2) is 6.04. The van der Waals surface area contributed by atoms with E-state index in [0.717, 1.165) is 12.0 Å². The third-order valence-electron chi connectivity index (χ3n) is 3.70. The molecule has 0 unspecified atom stereocenters. The van der Waals surface area contributed by atoms with Crippen LogP contribution in [0, 0.1) is 13.8 Å². The summed E-state index contributed by atoms with van der Waals surface area (Å²) in [5.41, 5.74) is 2.11. The number of carbonyl (C=O) groups excluding carboxylic acids is 1. The number of fused-ring (bicyclic) bond motifs is 1. The molecule has 0 fully saturated rings. The molecule has 6 nitrogen and oxygen atoms in total. The summed E-state index contributed by atoms with van der Waals surface area (Å²) in [6.45, 7) is 3.98. The molecule has 1 aliphatic heterocycles. The number of nitrogens with zero attached hydrogens (tertiary/aromatic N) is 1. The maximum Gasteiger partial charge on any atom is 0.254 e. The van der Waals surface area contributed by atoms with Gasteiger partial charge in [-0.15, -0.1) is 0 Å². The predicted octanol–water partition coefficient (Wildman–Crippen LogP) is 2.16. The number of aromatic amines is 1. The first-order valence-electron chi connectivity index (χ1n) is 7.25. The number of ether oxygens (including phenoxy) is 1. The number of benzene rings is 1. The third kappa shape index (κ3) is 3.22. The SMILES string of the molecule is Cc1nc(C)c(CC(=O)Nc2cc(Cl)cc3c2OCC3)c(=O)[nH]1. The van der Waals surface area contributed by atoms with Crippen LogP contribution in [-0.2, 0) is 17.6 Å². The minimum Gasteiger partial charge on any atom is -0.491 e. The van der Waals surface area contributed by atoms with Crippen LogP contribution < -0.4 is 15.6 Å². The summed E-state index contributed by atoms with van der Waals surface area (Å²) in [7, 11) is 0. The number of carbonyl (C=O) groups is 1. The highest BCUT2D eigenvalue weighted by Gasteiger charge is 2.20. The van der Waals surface area contributed by atoms with Gasteiger partial charge in [-0.2, -0.15) is 0 Å². The topological polar surface area (TPSA) is 84.1 Å². The van der Waals surface area contributed by atoms with Crippen molar-refractivity contribution >= 4 is 23.2 Å². The van der Waals surface area contributed by atoms with Crippen molar-refractivity contribution in [2.24, 2.45) is 0 Å². The first-order chi connectivity index (χ1) is 10.9. The Morgan fingerprint density at radius 2 is 2.22 bits per heavy atom. The average Bonchev–Trinajstić information content (AvgIpc) is 2.91. The lowest BCUT2D eigenvalue weighted by molar-refractivity contribution is -0.115. The summed E-state index contributed by atoms with van der Waals surface area (Å²) in [4.78, 5) is 31.1. The first-order valence-corrected chi connectivity index (χ1v) is 7.63. The monoisotopic (exact) mass is 333 g/mol. The highest BCUT2D eigenvalue weighted by Crippen LogP contribution is 2.36. The maximum absolute atomic E-state index is 12.3. The summed E-state index contributed by atoms with van der Waals surface area (Å²) in [5.74, 6) is 0.859. The van der Waals surface area contributed by atoms with Crippen LogP contribution >= 0.6 is 11.6 Å². The largest absolute Gasteiger partial charge is 0.491 e. The van der Waals surface area contributed by atoms with E-state index in [1.54, 1.807) is 19.9 Å². The number of amides is 1. The molecule has 7 heteroatoms. The molecular weight excluding hydrogens is 318 g/mol. The van der Waals surface area contributed by atoms with Gasteiger partial charge in [0.15, 0.2) is 0 Å². The Hall–Kier alpha value is -2.34. The molecule has 0 spiro atoms. The molecule has 0 atom stereocenters. The van der Waals surface area contributed by atoms with Crippen LogP contribution in [-0.4, -0.2) is 22.5 Å². The fraction of sp³-hybridized carbons (Fsp3) is 0.312. The van der Waals surface area contributed by atoms with Crippen molar-refractivity contribution < 1.29 is 9.53 Å². The van der Waals surface area contributed by atoms with E-state index in [0.29, 0.717) is 40.1 Å². The number of nitrogens with one attached hydrogen (secondary N) is 2. The van der Waals surface area contributed by atoms with Crippen molar-refractivity contribution in [1.82, 2.24) is 9.97 Å². The Morgan fingerprint density at radius 1 is 1.43 bits per heavy atom. The highest BCUT2D eigenvalue weighted by molar-refractivity contribution is 6.31. The lowest BCUT2D eigenvalue weighted by atomic mass is 10.1. The van der Waals surface area contributed by atoms with E-state index in [2.05, 4.69) is 15.3 Å². The van der Waals surface area contributed by atoms with Gasteiger partial charge in [0.1, 0.15) is 11.6 Å². The molecule has 2 N–H and O–H groups in total. The second-order valence-electron chi connectivity index (χ2n) is 5.48. The molecule has 1 aliphatic rings. The molecule has 0 aliphatic carbocycles. The van der Waals surface area contributed by atoms with Crippen LogP contribution in [0.25, 0.3) is 0 Å². The van der Waals surface area contributed by atoms with Gasteiger partial charge in [-0.1, -0.05) is 11.6 Å². The number of aromatic nitrogens is 2. The summed E-state index contributed by atoms with van der Waals surface area (Å²) in [6, 6.07) is 3.48. The highest BCUT2D eigenvalue weighted by atomic mass is 35.5. The minimum absolute atomic E-state index is 0.0598. The zero-order valence-electron chi connectivity index (χ0n) is 12.8. The molecule has 0 saturated carbocycles. The quantitative estimate of drug-likeness (QED) is 0.901. The van der Waals surface area contributed by atoms with Crippen LogP contribution in [0.1, 0.15) is 22.6 Å². The number of aryl methyl sites for hydroxylation is 2. The second-order valence-corrected chi connectivity index (χ2v) is 5.92. The Labute approximate surface area is 137 Å². The number of hydrogen-bond acceptors (Lipinski definition) is 4. The Kier molecular flexibility index (Phi) is 4.09. The molecule has 120 valence electrons. The van der Waals surface area contributed by atoms with E-state index in [1.807, 2.05) is 6.07 Å². The van der Waals surface area contributed by atoms with E-state index in [-0.39, 0.29) is 17.9 Å². The van der Waals surface area contributed by atoms with Gasteiger partial charge >= 0.3 is 0 Å². The molecule has 3 rings (SSSR count). The molecular formula is C16H16ClN3O3. The Morgan fingerprint density at radius 3 is 2.96 bits per heavy atom. The van der Waals surface area contributed by atoms with Gasteiger partial charge in [-0.05, 0) is 26.0 Å². The van der Waals surface area contributed by atoms with E-state index in [4.69, 9.17) is 16.3 Å². The number of H-pyrrole nitrogens is 1. The van der Waals surface area contributed by atoms with Gasteiger partial charge in [0.25, 0.3) is 5.56 Å². The summed E-state index contributed by atoms with van der Waals surface area (Å²) >= 11 is 6.07. The number of hydrogen-bond donors (Lipinski definition) is 2. The average molecular weight is 334 g/mol. The van der Waals surface area contributed by atoms with Crippen LogP contribution in [0.2, 0.25) is 5.02 Å².